The molecule has 1 fully saturated rings. The SMILES string of the molecule is Cc1cccn2c(=O)cc(CN3C(=O)N[C@@](C)(c4ccc([N+](=O)[O-])cc4)C3=O)nc12. The Hall–Kier alpha value is -4.08. The summed E-state index contributed by atoms with van der Waals surface area (Å²) in [4.78, 5) is 53.7. The summed E-state index contributed by atoms with van der Waals surface area (Å²) in [5.41, 5.74) is 0.112. The molecule has 2 aromatic heterocycles. The number of nitrogens with one attached hydrogen (secondary N) is 1. The first-order valence-electron chi connectivity index (χ1n) is 9.07. The van der Waals surface area contributed by atoms with Crippen molar-refractivity contribution in [2.45, 2.75) is 25.9 Å². The third-order valence-corrected chi connectivity index (χ3v) is 5.19. The van der Waals surface area contributed by atoms with Crippen LogP contribution in [-0.4, -0.2) is 31.1 Å². The number of nitrogens with zero attached hydrogens (tertiary/aromatic N) is 4. The Morgan fingerprint density at radius 1 is 1.17 bits per heavy atom. The second kappa shape index (κ2) is 6.76. The van der Waals surface area contributed by atoms with Crippen LogP contribution in [0, 0.1) is 17.0 Å². The molecule has 10 nitrogen and oxygen atoms in total. The van der Waals surface area contributed by atoms with Crippen LogP contribution in [0.3, 0.4) is 0 Å². The molecular formula is C20H17N5O5. The lowest BCUT2D eigenvalue weighted by Gasteiger charge is -2.22. The van der Waals surface area contributed by atoms with Crippen LogP contribution in [0.25, 0.3) is 5.65 Å². The Morgan fingerprint density at radius 3 is 2.53 bits per heavy atom. The van der Waals surface area contributed by atoms with Crippen molar-refractivity contribution in [3.05, 3.63) is 86.0 Å². The number of carbonyl (C=O) groups excluding carboxylic acids is 2. The lowest BCUT2D eigenvalue weighted by atomic mass is 9.92. The van der Waals surface area contributed by atoms with E-state index in [1.54, 1.807) is 12.3 Å². The molecule has 1 atom stereocenters. The van der Waals surface area contributed by atoms with Gasteiger partial charge in [-0.05, 0) is 43.2 Å². The number of hydrogen-bond donors (Lipinski definition) is 1. The molecule has 1 N–H and O–H groups in total. The maximum absolute atomic E-state index is 13.1. The van der Waals surface area contributed by atoms with Crippen molar-refractivity contribution in [2.75, 3.05) is 0 Å². The fraction of sp³-hybridized carbons (Fsp3) is 0.200. The number of nitro groups is 1. The van der Waals surface area contributed by atoms with Crippen molar-refractivity contribution in [2.24, 2.45) is 0 Å². The van der Waals surface area contributed by atoms with Gasteiger partial charge in [0.25, 0.3) is 17.2 Å². The topological polar surface area (TPSA) is 127 Å². The van der Waals surface area contributed by atoms with Gasteiger partial charge < -0.3 is 5.32 Å². The first-order chi connectivity index (χ1) is 14.2. The number of imide groups is 1. The number of pyridine rings is 1. The third kappa shape index (κ3) is 2.98. The zero-order valence-corrected chi connectivity index (χ0v) is 16.2. The smallest absolute Gasteiger partial charge is 0.319 e. The molecule has 1 aliphatic heterocycles. The van der Waals surface area contributed by atoms with E-state index in [9.17, 15) is 24.5 Å². The van der Waals surface area contributed by atoms with Crippen LogP contribution in [0.4, 0.5) is 10.5 Å². The Labute approximate surface area is 169 Å². The number of hydrogen-bond acceptors (Lipinski definition) is 6. The fourth-order valence-electron chi connectivity index (χ4n) is 3.50. The summed E-state index contributed by atoms with van der Waals surface area (Å²) in [5.74, 6) is -0.534. The number of nitro benzene ring substituents is 1. The monoisotopic (exact) mass is 407 g/mol. The molecule has 1 aliphatic rings. The summed E-state index contributed by atoms with van der Waals surface area (Å²) in [5, 5.41) is 13.5. The number of amides is 3. The molecule has 0 aliphatic carbocycles. The highest BCUT2D eigenvalue weighted by molar-refractivity contribution is 6.07. The van der Waals surface area contributed by atoms with Crippen LogP contribution in [0.2, 0.25) is 0 Å². The van der Waals surface area contributed by atoms with E-state index >= 15 is 0 Å². The average molecular weight is 407 g/mol. The van der Waals surface area contributed by atoms with Gasteiger partial charge in [0.05, 0.1) is 17.2 Å². The van der Waals surface area contributed by atoms with Crippen LogP contribution in [0.5, 0.6) is 0 Å². The number of aromatic nitrogens is 2. The van der Waals surface area contributed by atoms with Gasteiger partial charge in [0.1, 0.15) is 11.2 Å². The van der Waals surface area contributed by atoms with E-state index in [1.807, 2.05) is 13.0 Å². The maximum atomic E-state index is 13.1. The van der Waals surface area contributed by atoms with Crippen LogP contribution in [0.1, 0.15) is 23.7 Å². The normalized spacial score (nSPS) is 18.7. The summed E-state index contributed by atoms with van der Waals surface area (Å²) < 4.78 is 1.39. The van der Waals surface area contributed by atoms with Crippen molar-refractivity contribution < 1.29 is 14.5 Å². The van der Waals surface area contributed by atoms with E-state index in [4.69, 9.17) is 0 Å². The second-order valence-electron chi connectivity index (χ2n) is 7.22. The molecule has 4 rings (SSSR count). The predicted molar refractivity (Wildman–Crippen MR) is 106 cm³/mol. The summed E-state index contributed by atoms with van der Waals surface area (Å²) in [6.07, 6.45) is 1.60. The Bertz CT molecular complexity index is 1270. The highest BCUT2D eigenvalue weighted by atomic mass is 16.6. The van der Waals surface area contributed by atoms with Crippen molar-refractivity contribution in [1.82, 2.24) is 19.6 Å². The Kier molecular flexibility index (Phi) is 4.34. The predicted octanol–water partition coefficient (Wildman–Crippen LogP) is 1.88. The van der Waals surface area contributed by atoms with E-state index in [2.05, 4.69) is 10.3 Å². The minimum Gasteiger partial charge on any atom is -0.319 e. The van der Waals surface area contributed by atoms with E-state index in [1.165, 1.54) is 41.7 Å². The maximum Gasteiger partial charge on any atom is 0.325 e. The highest BCUT2D eigenvalue weighted by Gasteiger charge is 2.49. The van der Waals surface area contributed by atoms with E-state index in [0.29, 0.717) is 11.2 Å². The van der Waals surface area contributed by atoms with Gasteiger partial charge in [0, 0.05) is 24.4 Å². The van der Waals surface area contributed by atoms with Gasteiger partial charge in [-0.2, -0.15) is 0 Å². The molecule has 10 heteroatoms. The van der Waals surface area contributed by atoms with E-state index in [0.717, 1.165) is 10.5 Å². The molecule has 0 unspecified atom stereocenters. The molecule has 30 heavy (non-hydrogen) atoms. The molecule has 152 valence electrons. The minimum absolute atomic E-state index is 0.118. The number of urea groups is 1. The fourth-order valence-corrected chi connectivity index (χ4v) is 3.50. The zero-order valence-electron chi connectivity index (χ0n) is 16.2. The van der Waals surface area contributed by atoms with E-state index < -0.39 is 22.4 Å². The van der Waals surface area contributed by atoms with E-state index in [-0.39, 0.29) is 23.5 Å². The molecule has 0 saturated carbocycles. The summed E-state index contributed by atoms with van der Waals surface area (Å²) in [6, 6.07) is 9.62. The van der Waals surface area contributed by atoms with Crippen LogP contribution in [0.15, 0.2) is 53.5 Å². The standard InChI is InChI=1S/C20H17N5O5/c1-12-4-3-9-23-16(26)10-14(21-17(12)23)11-24-18(27)20(2,22-19(24)28)13-5-7-15(8-6-13)25(29)30/h3-10H,11H2,1-2H3,(H,22,28)/t20-/m0/s1. The first kappa shape index (κ1) is 19.2. The molecule has 0 bridgehead atoms. The number of non-ortho nitro benzene ring substituents is 1. The number of rotatable bonds is 4. The molecular weight excluding hydrogens is 390 g/mol. The lowest BCUT2D eigenvalue weighted by molar-refractivity contribution is -0.384. The van der Waals surface area contributed by atoms with Crippen LogP contribution < -0.4 is 10.9 Å². The molecule has 3 amide bonds. The average Bonchev–Trinajstić information content (AvgIpc) is 2.93. The van der Waals surface area contributed by atoms with Crippen LogP contribution in [-0.2, 0) is 16.9 Å². The van der Waals surface area contributed by atoms with Crippen molar-refractivity contribution >= 4 is 23.3 Å². The summed E-state index contributed by atoms with van der Waals surface area (Å²) in [6.45, 7) is 3.17. The zero-order chi connectivity index (χ0) is 21.6. The van der Waals surface area contributed by atoms with Gasteiger partial charge in [0.15, 0.2) is 0 Å². The van der Waals surface area contributed by atoms with Gasteiger partial charge in [-0.25, -0.2) is 9.78 Å². The van der Waals surface area contributed by atoms with Gasteiger partial charge in [-0.1, -0.05) is 6.07 Å². The number of aryl methyl sites for hydroxylation is 1. The van der Waals surface area contributed by atoms with Crippen molar-refractivity contribution in [3.63, 3.8) is 0 Å². The van der Waals surface area contributed by atoms with Gasteiger partial charge >= 0.3 is 6.03 Å². The Balaban J connectivity index is 1.66. The first-order valence-corrected chi connectivity index (χ1v) is 9.07. The lowest BCUT2D eigenvalue weighted by Crippen LogP contribution is -2.40. The van der Waals surface area contributed by atoms with Crippen molar-refractivity contribution in [1.29, 1.82) is 0 Å². The third-order valence-electron chi connectivity index (χ3n) is 5.19. The molecule has 3 aromatic rings. The Morgan fingerprint density at radius 2 is 1.87 bits per heavy atom. The van der Waals surface area contributed by atoms with Gasteiger partial charge in [-0.15, -0.1) is 0 Å². The number of benzene rings is 1. The van der Waals surface area contributed by atoms with Crippen LogP contribution >= 0.6 is 0 Å². The molecule has 0 radical (unpaired) electrons. The quantitative estimate of drug-likeness (QED) is 0.400. The highest BCUT2D eigenvalue weighted by Crippen LogP contribution is 2.30. The summed E-state index contributed by atoms with van der Waals surface area (Å²) >= 11 is 0. The molecule has 3 heterocycles. The number of carbonyl (C=O) groups is 2. The van der Waals surface area contributed by atoms with Gasteiger partial charge in [0.2, 0.25) is 0 Å². The molecule has 1 aromatic carbocycles. The van der Waals surface area contributed by atoms with Crippen molar-refractivity contribution in [3.8, 4) is 0 Å². The number of fused-ring (bicyclic) bond motifs is 1. The largest absolute Gasteiger partial charge is 0.325 e. The summed E-state index contributed by atoms with van der Waals surface area (Å²) in [7, 11) is 0. The minimum atomic E-state index is -1.38. The molecule has 1 saturated heterocycles. The van der Waals surface area contributed by atoms with Gasteiger partial charge in [-0.3, -0.25) is 29.0 Å². The second-order valence-corrected chi connectivity index (χ2v) is 7.22. The molecule has 0 spiro atoms.